The molecule has 0 spiro atoms. The molecule has 0 bridgehead atoms. The smallest absolute Gasteiger partial charge is 0.0811 e. The molecule has 1 saturated heterocycles. The van der Waals surface area contributed by atoms with Gasteiger partial charge in [0.25, 0.3) is 0 Å². The van der Waals surface area contributed by atoms with E-state index in [0.29, 0.717) is 13.1 Å². The Kier molecular flexibility index (Phi) is 3.50. The third-order valence-corrected chi connectivity index (χ3v) is 2.93. The fourth-order valence-corrected chi connectivity index (χ4v) is 2.03. The molecular formula is C9H20N2O. The fraction of sp³-hybridized carbons (Fsp3) is 1.00. The van der Waals surface area contributed by atoms with Crippen molar-refractivity contribution >= 4 is 0 Å². The van der Waals surface area contributed by atoms with Crippen molar-refractivity contribution in [1.82, 2.24) is 5.32 Å². The van der Waals surface area contributed by atoms with Gasteiger partial charge in [-0.1, -0.05) is 6.92 Å². The molecular weight excluding hydrogens is 152 g/mol. The summed E-state index contributed by atoms with van der Waals surface area (Å²) in [6.45, 7) is 4.42. The molecule has 0 saturated carbocycles. The van der Waals surface area contributed by atoms with Gasteiger partial charge in [-0.2, -0.15) is 0 Å². The average Bonchev–Trinajstić information content (AvgIpc) is 2.07. The molecule has 1 aliphatic rings. The number of piperidine rings is 1. The Bertz CT molecular complexity index is 128. The van der Waals surface area contributed by atoms with Crippen LogP contribution in [-0.2, 0) is 0 Å². The number of hydrogen-bond donors (Lipinski definition) is 3. The Morgan fingerprint density at radius 2 is 2.42 bits per heavy atom. The fourth-order valence-electron chi connectivity index (χ4n) is 2.03. The highest BCUT2D eigenvalue weighted by atomic mass is 16.3. The highest BCUT2D eigenvalue weighted by molar-refractivity contribution is 4.91. The molecule has 4 N–H and O–H groups in total. The molecule has 1 fully saturated rings. The number of rotatable bonds is 3. The Hall–Kier alpha value is -0.120. The monoisotopic (exact) mass is 172 g/mol. The van der Waals surface area contributed by atoms with Gasteiger partial charge in [-0.25, -0.2) is 0 Å². The van der Waals surface area contributed by atoms with E-state index in [2.05, 4.69) is 12.2 Å². The summed E-state index contributed by atoms with van der Waals surface area (Å²) in [6, 6.07) is 0. The normalized spacial score (nSPS) is 33.2. The lowest BCUT2D eigenvalue weighted by atomic mass is 9.80. The summed E-state index contributed by atoms with van der Waals surface area (Å²) in [5, 5.41) is 13.4. The first kappa shape index (κ1) is 9.96. The van der Waals surface area contributed by atoms with Gasteiger partial charge in [-0.3, -0.25) is 0 Å². The molecule has 0 radical (unpaired) electrons. The molecule has 0 aromatic rings. The molecule has 0 aromatic heterocycles. The molecule has 3 heteroatoms. The summed E-state index contributed by atoms with van der Waals surface area (Å²) in [7, 11) is 0. The summed E-state index contributed by atoms with van der Waals surface area (Å²) in [5.41, 5.74) is 5.07. The van der Waals surface area contributed by atoms with Crippen molar-refractivity contribution in [2.45, 2.75) is 31.8 Å². The predicted octanol–water partition coefficient (Wildman–Crippen LogP) is 0.0858. The van der Waals surface area contributed by atoms with Gasteiger partial charge in [0.15, 0.2) is 0 Å². The van der Waals surface area contributed by atoms with E-state index in [9.17, 15) is 5.11 Å². The minimum Gasteiger partial charge on any atom is -0.388 e. The lowest BCUT2D eigenvalue weighted by Crippen LogP contribution is -2.52. The van der Waals surface area contributed by atoms with Crippen LogP contribution < -0.4 is 11.1 Å². The van der Waals surface area contributed by atoms with Crippen LogP contribution in [0.2, 0.25) is 0 Å². The summed E-state index contributed by atoms with van der Waals surface area (Å²) in [6.07, 6.45) is 2.93. The van der Waals surface area contributed by atoms with Crippen LogP contribution in [0.4, 0.5) is 0 Å². The molecule has 2 unspecified atom stereocenters. The molecule has 3 nitrogen and oxygen atoms in total. The first-order valence-electron chi connectivity index (χ1n) is 4.86. The van der Waals surface area contributed by atoms with E-state index in [1.165, 1.54) is 0 Å². The maximum Gasteiger partial charge on any atom is 0.0811 e. The highest BCUT2D eigenvalue weighted by Crippen LogP contribution is 2.26. The zero-order valence-electron chi connectivity index (χ0n) is 7.84. The second-order valence-corrected chi connectivity index (χ2v) is 3.72. The number of β-amino-alcohol motifs (C(OH)–C–C–N with tert-alkyl or cyclic N) is 1. The van der Waals surface area contributed by atoms with Crippen molar-refractivity contribution < 1.29 is 5.11 Å². The van der Waals surface area contributed by atoms with Gasteiger partial charge in [0, 0.05) is 12.5 Å². The highest BCUT2D eigenvalue weighted by Gasteiger charge is 2.35. The molecule has 1 heterocycles. The second kappa shape index (κ2) is 4.21. The Morgan fingerprint density at radius 3 is 2.83 bits per heavy atom. The number of nitrogens with one attached hydrogen (secondary N) is 1. The lowest BCUT2D eigenvalue weighted by molar-refractivity contribution is -0.0358. The first-order valence-corrected chi connectivity index (χ1v) is 4.86. The first-order chi connectivity index (χ1) is 5.73. The van der Waals surface area contributed by atoms with Crippen LogP contribution in [0.1, 0.15) is 26.2 Å². The van der Waals surface area contributed by atoms with Gasteiger partial charge in [0.2, 0.25) is 0 Å². The molecule has 2 atom stereocenters. The summed E-state index contributed by atoms with van der Waals surface area (Å²) in [5.74, 6) is 0.255. The minimum absolute atomic E-state index is 0.255. The third-order valence-electron chi connectivity index (χ3n) is 2.93. The Labute approximate surface area is 74.3 Å². The quantitative estimate of drug-likeness (QED) is 0.565. The minimum atomic E-state index is -0.540. The largest absolute Gasteiger partial charge is 0.388 e. The summed E-state index contributed by atoms with van der Waals surface area (Å²) in [4.78, 5) is 0. The van der Waals surface area contributed by atoms with Gasteiger partial charge in [0.1, 0.15) is 0 Å². The van der Waals surface area contributed by atoms with E-state index in [1.807, 2.05) is 0 Å². The van der Waals surface area contributed by atoms with E-state index >= 15 is 0 Å². The lowest BCUT2D eigenvalue weighted by Gasteiger charge is -2.38. The second-order valence-electron chi connectivity index (χ2n) is 3.72. The third kappa shape index (κ3) is 1.97. The molecule has 0 aromatic carbocycles. The van der Waals surface area contributed by atoms with Gasteiger partial charge >= 0.3 is 0 Å². The maximum atomic E-state index is 10.2. The molecule has 1 aliphatic heterocycles. The van der Waals surface area contributed by atoms with Gasteiger partial charge in [0.05, 0.1) is 5.60 Å². The zero-order valence-corrected chi connectivity index (χ0v) is 7.84. The van der Waals surface area contributed by atoms with Crippen molar-refractivity contribution in [3.05, 3.63) is 0 Å². The average molecular weight is 172 g/mol. The van der Waals surface area contributed by atoms with Crippen molar-refractivity contribution in [2.75, 3.05) is 19.6 Å². The number of hydrogen-bond acceptors (Lipinski definition) is 3. The van der Waals surface area contributed by atoms with E-state index in [-0.39, 0.29) is 5.92 Å². The van der Waals surface area contributed by atoms with Crippen molar-refractivity contribution in [3.63, 3.8) is 0 Å². The van der Waals surface area contributed by atoms with Crippen molar-refractivity contribution in [3.8, 4) is 0 Å². The topological polar surface area (TPSA) is 58.3 Å². The predicted molar refractivity (Wildman–Crippen MR) is 49.9 cm³/mol. The summed E-state index contributed by atoms with van der Waals surface area (Å²) < 4.78 is 0. The maximum absolute atomic E-state index is 10.2. The zero-order chi connectivity index (χ0) is 9.03. The number of aliphatic hydroxyl groups is 1. The SMILES string of the molecule is CCC(CN)C1(O)CCCNC1. The molecule has 12 heavy (non-hydrogen) atoms. The standard InChI is InChI=1S/C9H20N2O/c1-2-8(6-10)9(12)4-3-5-11-7-9/h8,11-12H,2-7,10H2,1H3. The van der Waals surface area contributed by atoms with Crippen LogP contribution in [0.3, 0.4) is 0 Å². The van der Waals surface area contributed by atoms with Gasteiger partial charge < -0.3 is 16.2 Å². The summed E-state index contributed by atoms with van der Waals surface area (Å²) >= 11 is 0. The van der Waals surface area contributed by atoms with Crippen LogP contribution >= 0.6 is 0 Å². The number of nitrogens with two attached hydrogens (primary N) is 1. The molecule has 0 amide bonds. The van der Waals surface area contributed by atoms with Gasteiger partial charge in [-0.15, -0.1) is 0 Å². The van der Waals surface area contributed by atoms with Gasteiger partial charge in [-0.05, 0) is 32.4 Å². The van der Waals surface area contributed by atoms with Crippen LogP contribution in [0.15, 0.2) is 0 Å². The van der Waals surface area contributed by atoms with E-state index < -0.39 is 5.60 Å². The van der Waals surface area contributed by atoms with Crippen LogP contribution in [0, 0.1) is 5.92 Å². The van der Waals surface area contributed by atoms with Crippen LogP contribution in [-0.4, -0.2) is 30.3 Å². The van der Waals surface area contributed by atoms with Crippen LogP contribution in [0.25, 0.3) is 0 Å². The Balaban J connectivity index is 2.53. The van der Waals surface area contributed by atoms with E-state index in [4.69, 9.17) is 5.73 Å². The van der Waals surface area contributed by atoms with Crippen molar-refractivity contribution in [1.29, 1.82) is 0 Å². The van der Waals surface area contributed by atoms with E-state index in [0.717, 1.165) is 25.8 Å². The molecule has 0 aliphatic carbocycles. The van der Waals surface area contributed by atoms with E-state index in [1.54, 1.807) is 0 Å². The van der Waals surface area contributed by atoms with Crippen molar-refractivity contribution in [2.24, 2.45) is 11.7 Å². The van der Waals surface area contributed by atoms with Crippen LogP contribution in [0.5, 0.6) is 0 Å². The molecule has 72 valence electrons. The Morgan fingerprint density at radius 1 is 1.67 bits per heavy atom. The molecule has 1 rings (SSSR count).